The lowest BCUT2D eigenvalue weighted by Crippen LogP contribution is -2.29. The average molecular weight is 907 g/mol. The minimum atomic E-state index is -0.666. The van der Waals surface area contributed by atoms with Crippen molar-refractivity contribution >= 4 is 65.6 Å². The first-order chi connectivity index (χ1) is 34.8. The van der Waals surface area contributed by atoms with Crippen molar-refractivity contribution < 1.29 is 0 Å². The molecule has 1 atom stereocenters. The van der Waals surface area contributed by atoms with E-state index in [0.29, 0.717) is 0 Å². The molecule has 1 aliphatic heterocycles. The largest absolute Gasteiger partial charge is 0.308 e. The summed E-state index contributed by atoms with van der Waals surface area (Å²) in [6.07, 6.45) is 0. The highest BCUT2D eigenvalue weighted by Gasteiger charge is 2.51. The monoisotopic (exact) mass is 906 g/mol. The van der Waals surface area contributed by atoms with Gasteiger partial charge in [-0.1, -0.05) is 200 Å². The van der Waals surface area contributed by atoms with E-state index in [2.05, 4.69) is 265 Å². The molecule has 70 heavy (non-hydrogen) atoms. The van der Waals surface area contributed by atoms with E-state index in [1.165, 1.54) is 98.1 Å². The highest BCUT2D eigenvalue weighted by atomic mass is 32.1. The highest BCUT2D eigenvalue weighted by molar-refractivity contribution is 7.26. The van der Waals surface area contributed by atoms with Crippen LogP contribution in [-0.4, -0.2) is 0 Å². The van der Waals surface area contributed by atoms with Crippen molar-refractivity contribution in [2.24, 2.45) is 0 Å². The first-order valence-electron chi connectivity index (χ1n) is 24.2. The standard InChI is InChI=1S/C67H42N2S/c1-3-20-43(21-4-1)68(62-36-19-32-54-49-27-10-9-26-48(49)52-29-13-17-35-61(52)69(65(54)62)44-22-5-2-6-23-44)45-38-39-51-47-25-8-7-24-46(47)50-28-11-15-33-57(50)67(60(51)42-45)58-34-16-12-31-56(58)64-59(67)41-40-55-53-30-14-18-37-63(53)70-66(55)64/h1-42H. The van der Waals surface area contributed by atoms with E-state index in [0.717, 1.165) is 34.1 Å². The van der Waals surface area contributed by atoms with Gasteiger partial charge in [-0.2, -0.15) is 0 Å². The number of rotatable bonds is 4. The number of fused-ring (bicyclic) bond motifs is 21. The SMILES string of the molecule is c1ccc(N(c2ccc3c(c2)C2(c4ccccc4-c4ccccc4-3)c3ccccc3-c3c2ccc2c3sc3ccccc32)c2cccc3c2N(c2ccccc2)c2ccccc2-c2ccccc2-3)cc1. The smallest absolute Gasteiger partial charge is 0.0781 e. The molecule has 0 N–H and O–H groups in total. The van der Waals surface area contributed by atoms with Crippen LogP contribution in [0.15, 0.2) is 255 Å². The van der Waals surface area contributed by atoms with E-state index < -0.39 is 5.41 Å². The summed E-state index contributed by atoms with van der Waals surface area (Å²) >= 11 is 1.93. The predicted molar refractivity (Wildman–Crippen MR) is 295 cm³/mol. The van der Waals surface area contributed by atoms with Crippen molar-refractivity contribution in [2.45, 2.75) is 5.41 Å². The average Bonchev–Trinajstić information content (AvgIpc) is 3.88. The molecular weight excluding hydrogens is 865 g/mol. The van der Waals surface area contributed by atoms with Gasteiger partial charge >= 0.3 is 0 Å². The predicted octanol–water partition coefficient (Wildman–Crippen LogP) is 18.7. The van der Waals surface area contributed by atoms with Crippen LogP contribution < -0.4 is 9.80 Å². The molecule has 0 saturated heterocycles. The Morgan fingerprint density at radius 2 is 0.900 bits per heavy atom. The number of benzene rings is 11. The van der Waals surface area contributed by atoms with E-state index in [1.807, 2.05) is 11.3 Å². The number of para-hydroxylation sites is 4. The third-order valence-corrected chi connectivity index (χ3v) is 16.4. The Kier molecular flexibility index (Phi) is 8.48. The minimum absolute atomic E-state index is 0.666. The molecule has 2 nitrogen and oxygen atoms in total. The lowest BCUT2D eigenvalue weighted by Gasteiger charge is -2.37. The van der Waals surface area contributed by atoms with Crippen molar-refractivity contribution in [3.63, 3.8) is 0 Å². The molecule has 2 aliphatic carbocycles. The molecule has 1 spiro atoms. The van der Waals surface area contributed by atoms with Gasteiger partial charge in [0, 0.05) is 53.9 Å². The maximum Gasteiger partial charge on any atom is 0.0781 e. The molecule has 1 unspecified atom stereocenters. The lowest BCUT2D eigenvalue weighted by molar-refractivity contribution is 0.776. The summed E-state index contributed by atoms with van der Waals surface area (Å²) in [6, 6.07) is 95.2. The molecule has 3 heteroatoms. The number of hydrogen-bond donors (Lipinski definition) is 0. The molecule has 1 aromatic heterocycles. The van der Waals surface area contributed by atoms with Gasteiger partial charge in [0.2, 0.25) is 0 Å². The van der Waals surface area contributed by atoms with Crippen LogP contribution in [0.25, 0.3) is 75.8 Å². The van der Waals surface area contributed by atoms with Gasteiger partial charge in [0.15, 0.2) is 0 Å². The van der Waals surface area contributed by atoms with Crippen LogP contribution in [0.4, 0.5) is 34.1 Å². The Morgan fingerprint density at radius 3 is 1.66 bits per heavy atom. The van der Waals surface area contributed by atoms with Gasteiger partial charge in [0.1, 0.15) is 0 Å². The molecular formula is C67H42N2S. The Hall–Kier alpha value is -8.76. The van der Waals surface area contributed by atoms with Crippen LogP contribution >= 0.6 is 11.3 Å². The summed E-state index contributed by atoms with van der Waals surface area (Å²) in [4.78, 5) is 5.01. The minimum Gasteiger partial charge on any atom is -0.308 e. The van der Waals surface area contributed by atoms with Crippen molar-refractivity contribution in [1.82, 2.24) is 0 Å². The molecule has 0 amide bonds. The van der Waals surface area contributed by atoms with Crippen molar-refractivity contribution in [2.75, 3.05) is 9.80 Å². The fourth-order valence-corrected chi connectivity index (χ4v) is 13.7. The number of thiophene rings is 1. The number of hydrogen-bond acceptors (Lipinski definition) is 3. The Morgan fingerprint density at radius 1 is 0.343 bits per heavy atom. The zero-order chi connectivity index (χ0) is 45.9. The van der Waals surface area contributed by atoms with Gasteiger partial charge in [-0.25, -0.2) is 0 Å². The quantitative estimate of drug-likeness (QED) is 0.174. The molecule has 3 aliphatic rings. The van der Waals surface area contributed by atoms with E-state index in [4.69, 9.17) is 0 Å². The fraction of sp³-hybridized carbons (Fsp3) is 0.0149. The normalized spacial score (nSPS) is 14.6. The highest BCUT2D eigenvalue weighted by Crippen LogP contribution is 2.64. The molecule has 0 fully saturated rings. The molecule has 12 aromatic rings. The van der Waals surface area contributed by atoms with Gasteiger partial charge in [-0.15, -0.1) is 11.3 Å². The van der Waals surface area contributed by atoms with Gasteiger partial charge in [0.25, 0.3) is 0 Å². The molecule has 0 radical (unpaired) electrons. The summed E-state index contributed by atoms with van der Waals surface area (Å²) in [6.45, 7) is 0. The van der Waals surface area contributed by atoms with Crippen LogP contribution in [0.5, 0.6) is 0 Å². The van der Waals surface area contributed by atoms with Crippen LogP contribution in [0, 0.1) is 0 Å². The fourth-order valence-electron chi connectivity index (χ4n) is 12.5. The molecule has 15 rings (SSSR count). The first-order valence-corrected chi connectivity index (χ1v) is 25.0. The van der Waals surface area contributed by atoms with Crippen LogP contribution in [0.1, 0.15) is 22.3 Å². The van der Waals surface area contributed by atoms with E-state index in [-0.39, 0.29) is 0 Å². The molecule has 11 aromatic carbocycles. The molecule has 2 heterocycles. The second-order valence-electron chi connectivity index (χ2n) is 18.7. The molecule has 326 valence electrons. The lowest BCUT2D eigenvalue weighted by atomic mass is 9.65. The van der Waals surface area contributed by atoms with Gasteiger partial charge < -0.3 is 9.80 Å². The third kappa shape index (κ3) is 5.38. The van der Waals surface area contributed by atoms with Crippen LogP contribution in [-0.2, 0) is 5.41 Å². The first kappa shape index (κ1) is 39.3. The van der Waals surface area contributed by atoms with Gasteiger partial charge in [-0.3, -0.25) is 0 Å². The zero-order valence-electron chi connectivity index (χ0n) is 38.1. The van der Waals surface area contributed by atoms with Crippen molar-refractivity contribution in [1.29, 1.82) is 0 Å². The van der Waals surface area contributed by atoms with Crippen LogP contribution in [0.2, 0.25) is 0 Å². The summed E-state index contributed by atoms with van der Waals surface area (Å²) in [5, 5.41) is 2.63. The Labute approximate surface area is 411 Å². The summed E-state index contributed by atoms with van der Waals surface area (Å²) in [5.41, 5.74) is 23.6. The van der Waals surface area contributed by atoms with Gasteiger partial charge in [0.05, 0.1) is 22.5 Å². The second-order valence-corrected chi connectivity index (χ2v) is 19.7. The van der Waals surface area contributed by atoms with E-state index in [9.17, 15) is 0 Å². The summed E-state index contributed by atoms with van der Waals surface area (Å²) < 4.78 is 2.66. The molecule has 0 saturated carbocycles. The zero-order valence-corrected chi connectivity index (χ0v) is 38.9. The summed E-state index contributed by atoms with van der Waals surface area (Å²) in [5.74, 6) is 0. The maximum atomic E-state index is 2.55. The summed E-state index contributed by atoms with van der Waals surface area (Å²) in [7, 11) is 0. The van der Waals surface area contributed by atoms with E-state index >= 15 is 0 Å². The van der Waals surface area contributed by atoms with Crippen molar-refractivity contribution in [3.05, 3.63) is 277 Å². The van der Waals surface area contributed by atoms with Gasteiger partial charge in [-0.05, 0) is 116 Å². The number of nitrogens with zero attached hydrogens (tertiary/aromatic N) is 2. The second kappa shape index (κ2) is 15.1. The third-order valence-electron chi connectivity index (χ3n) is 15.2. The Bertz CT molecular complexity index is 4090. The number of anilines is 6. The van der Waals surface area contributed by atoms with Crippen molar-refractivity contribution in [3.8, 4) is 55.6 Å². The van der Waals surface area contributed by atoms with Crippen LogP contribution in [0.3, 0.4) is 0 Å². The Balaban J connectivity index is 1.08. The molecule has 0 bridgehead atoms. The topological polar surface area (TPSA) is 6.48 Å². The van der Waals surface area contributed by atoms with E-state index in [1.54, 1.807) is 0 Å². The maximum absolute atomic E-state index is 2.55.